The maximum absolute atomic E-state index is 12.5. The van der Waals surface area contributed by atoms with E-state index in [-0.39, 0.29) is 24.5 Å². The van der Waals surface area contributed by atoms with Gasteiger partial charge in [0.25, 0.3) is 0 Å². The molecule has 0 aliphatic heterocycles. The Morgan fingerprint density at radius 3 is 2.29 bits per heavy atom. The number of aromatic amines is 1. The SMILES string of the molecule is CCOC(=O)c1c(C)[nH]c(C(=O)C(C)OC(=O)CCC(C)C)c1C. The van der Waals surface area contributed by atoms with Crippen LogP contribution in [0.1, 0.15) is 72.6 Å². The lowest BCUT2D eigenvalue weighted by molar-refractivity contribution is -0.146. The van der Waals surface area contributed by atoms with Crippen LogP contribution in [0.5, 0.6) is 0 Å². The largest absolute Gasteiger partial charge is 0.462 e. The van der Waals surface area contributed by atoms with Gasteiger partial charge in [0.15, 0.2) is 6.10 Å². The Hall–Kier alpha value is -2.11. The van der Waals surface area contributed by atoms with Crippen molar-refractivity contribution in [2.45, 2.75) is 60.5 Å². The number of rotatable bonds is 8. The van der Waals surface area contributed by atoms with Gasteiger partial charge in [0.2, 0.25) is 5.78 Å². The van der Waals surface area contributed by atoms with Crippen LogP contribution in [-0.2, 0) is 14.3 Å². The molecule has 6 nitrogen and oxygen atoms in total. The van der Waals surface area contributed by atoms with E-state index in [0.717, 1.165) is 0 Å². The summed E-state index contributed by atoms with van der Waals surface area (Å²) in [6.45, 7) is 10.9. The van der Waals surface area contributed by atoms with E-state index in [9.17, 15) is 14.4 Å². The van der Waals surface area contributed by atoms with Crippen molar-refractivity contribution in [2.75, 3.05) is 6.61 Å². The van der Waals surface area contributed by atoms with E-state index in [0.29, 0.717) is 29.2 Å². The van der Waals surface area contributed by atoms with Gasteiger partial charge in [-0.1, -0.05) is 13.8 Å². The molecule has 1 unspecified atom stereocenters. The van der Waals surface area contributed by atoms with Crippen LogP contribution in [-0.4, -0.2) is 35.4 Å². The van der Waals surface area contributed by atoms with Crippen molar-refractivity contribution in [3.05, 3.63) is 22.5 Å². The Morgan fingerprint density at radius 2 is 1.75 bits per heavy atom. The standard InChI is InChI=1S/C18H27NO5/c1-7-23-18(22)15-11(4)16(19-12(15)5)17(21)13(6)24-14(20)9-8-10(2)3/h10,13,19H,7-9H2,1-6H3. The summed E-state index contributed by atoms with van der Waals surface area (Å²) in [6.07, 6.45) is 0.0934. The maximum Gasteiger partial charge on any atom is 0.340 e. The fraction of sp³-hybridized carbons (Fsp3) is 0.611. The Bertz CT molecular complexity index is 615. The smallest absolute Gasteiger partial charge is 0.340 e. The summed E-state index contributed by atoms with van der Waals surface area (Å²) in [5, 5.41) is 0. The second-order valence-electron chi connectivity index (χ2n) is 6.27. The monoisotopic (exact) mass is 337 g/mol. The normalized spacial score (nSPS) is 12.1. The Kier molecular flexibility index (Phi) is 7.19. The van der Waals surface area contributed by atoms with Crippen LogP contribution < -0.4 is 0 Å². The summed E-state index contributed by atoms with van der Waals surface area (Å²) in [4.78, 5) is 39.2. The number of aromatic nitrogens is 1. The molecule has 6 heteroatoms. The van der Waals surface area contributed by atoms with E-state index in [1.54, 1.807) is 20.8 Å². The molecule has 0 fully saturated rings. The predicted octanol–water partition coefficient (Wildman–Crippen LogP) is 3.36. The number of hydrogen-bond donors (Lipinski definition) is 1. The molecule has 0 radical (unpaired) electrons. The van der Waals surface area contributed by atoms with Crippen molar-refractivity contribution >= 4 is 17.7 Å². The van der Waals surface area contributed by atoms with Gasteiger partial charge in [0, 0.05) is 12.1 Å². The Morgan fingerprint density at radius 1 is 1.12 bits per heavy atom. The molecule has 0 aliphatic carbocycles. The van der Waals surface area contributed by atoms with E-state index >= 15 is 0 Å². The van der Waals surface area contributed by atoms with Gasteiger partial charge < -0.3 is 14.5 Å². The van der Waals surface area contributed by atoms with Gasteiger partial charge in [-0.15, -0.1) is 0 Å². The molecule has 0 bridgehead atoms. The number of nitrogens with one attached hydrogen (secondary N) is 1. The third-order valence-corrected chi connectivity index (χ3v) is 3.77. The van der Waals surface area contributed by atoms with Crippen LogP contribution >= 0.6 is 0 Å². The molecular formula is C18H27NO5. The van der Waals surface area contributed by atoms with Crippen molar-refractivity contribution in [3.8, 4) is 0 Å². The number of ketones is 1. The first-order chi connectivity index (χ1) is 11.2. The molecule has 1 heterocycles. The number of aryl methyl sites for hydroxylation is 1. The molecule has 1 aromatic rings. The van der Waals surface area contributed by atoms with Gasteiger partial charge in [0.05, 0.1) is 17.9 Å². The van der Waals surface area contributed by atoms with Crippen molar-refractivity contribution in [1.29, 1.82) is 0 Å². The van der Waals surface area contributed by atoms with Gasteiger partial charge in [-0.25, -0.2) is 4.79 Å². The highest BCUT2D eigenvalue weighted by Crippen LogP contribution is 2.21. The second kappa shape index (κ2) is 8.66. The first-order valence-corrected chi connectivity index (χ1v) is 8.28. The van der Waals surface area contributed by atoms with Crippen molar-refractivity contribution in [1.82, 2.24) is 4.98 Å². The minimum atomic E-state index is -0.906. The third-order valence-electron chi connectivity index (χ3n) is 3.77. The molecule has 1 N–H and O–H groups in total. The zero-order valence-electron chi connectivity index (χ0n) is 15.3. The van der Waals surface area contributed by atoms with Gasteiger partial charge in [0.1, 0.15) is 0 Å². The number of ether oxygens (including phenoxy) is 2. The molecule has 1 rings (SSSR count). The fourth-order valence-corrected chi connectivity index (χ4v) is 2.43. The molecule has 0 amide bonds. The molecule has 1 atom stereocenters. The van der Waals surface area contributed by atoms with Crippen LogP contribution in [0.2, 0.25) is 0 Å². The van der Waals surface area contributed by atoms with Gasteiger partial charge in [-0.2, -0.15) is 0 Å². The summed E-state index contributed by atoms with van der Waals surface area (Å²) < 4.78 is 10.2. The highest BCUT2D eigenvalue weighted by Gasteiger charge is 2.27. The molecule has 0 spiro atoms. The first kappa shape index (κ1) is 19.9. The fourth-order valence-electron chi connectivity index (χ4n) is 2.43. The molecule has 134 valence electrons. The van der Waals surface area contributed by atoms with Crippen LogP contribution in [0.3, 0.4) is 0 Å². The molecule has 0 aromatic carbocycles. The summed E-state index contributed by atoms with van der Waals surface area (Å²) in [7, 11) is 0. The minimum Gasteiger partial charge on any atom is -0.462 e. The average Bonchev–Trinajstić information content (AvgIpc) is 2.79. The third kappa shape index (κ3) is 4.94. The number of Topliss-reactive ketones (excluding diaryl/α,β-unsaturated/α-hetero) is 1. The molecule has 1 aromatic heterocycles. The predicted molar refractivity (Wildman–Crippen MR) is 90.2 cm³/mol. The van der Waals surface area contributed by atoms with Gasteiger partial charge in [-0.3, -0.25) is 9.59 Å². The molecular weight excluding hydrogens is 310 g/mol. The van der Waals surface area contributed by atoms with Crippen LogP contribution in [0.25, 0.3) is 0 Å². The topological polar surface area (TPSA) is 85.5 Å². The van der Waals surface area contributed by atoms with Crippen LogP contribution in [0.15, 0.2) is 0 Å². The van der Waals surface area contributed by atoms with Crippen molar-refractivity contribution in [2.24, 2.45) is 5.92 Å². The zero-order valence-corrected chi connectivity index (χ0v) is 15.3. The van der Waals surface area contributed by atoms with Crippen molar-refractivity contribution < 1.29 is 23.9 Å². The number of hydrogen-bond acceptors (Lipinski definition) is 5. The van der Waals surface area contributed by atoms with E-state index in [1.165, 1.54) is 6.92 Å². The average molecular weight is 337 g/mol. The number of esters is 2. The molecule has 0 saturated heterocycles. The highest BCUT2D eigenvalue weighted by molar-refractivity contribution is 6.03. The summed E-state index contributed by atoms with van der Waals surface area (Å²) >= 11 is 0. The minimum absolute atomic E-state index is 0.260. The Labute approximate surface area is 142 Å². The number of carbonyl (C=O) groups excluding carboxylic acids is 3. The van der Waals surface area contributed by atoms with Crippen molar-refractivity contribution in [3.63, 3.8) is 0 Å². The zero-order chi connectivity index (χ0) is 18.4. The van der Waals surface area contributed by atoms with Gasteiger partial charge >= 0.3 is 11.9 Å². The number of H-pyrrole nitrogens is 1. The quantitative estimate of drug-likeness (QED) is 0.581. The molecule has 24 heavy (non-hydrogen) atoms. The van der Waals surface area contributed by atoms with Crippen LogP contribution in [0.4, 0.5) is 0 Å². The summed E-state index contributed by atoms with van der Waals surface area (Å²) in [5.41, 5.74) is 1.71. The lowest BCUT2D eigenvalue weighted by Gasteiger charge is -2.13. The van der Waals surface area contributed by atoms with E-state index in [1.807, 2.05) is 13.8 Å². The van der Waals surface area contributed by atoms with E-state index < -0.39 is 18.0 Å². The summed E-state index contributed by atoms with van der Waals surface area (Å²) in [6, 6.07) is 0. The van der Waals surface area contributed by atoms with E-state index in [4.69, 9.17) is 9.47 Å². The Balaban J connectivity index is 2.86. The highest BCUT2D eigenvalue weighted by atomic mass is 16.5. The lowest BCUT2D eigenvalue weighted by atomic mass is 10.1. The molecule has 0 aliphatic rings. The number of carbonyl (C=O) groups is 3. The van der Waals surface area contributed by atoms with Gasteiger partial charge in [-0.05, 0) is 45.6 Å². The lowest BCUT2D eigenvalue weighted by Crippen LogP contribution is -2.25. The molecule has 0 saturated carbocycles. The second-order valence-corrected chi connectivity index (χ2v) is 6.27. The summed E-state index contributed by atoms with van der Waals surface area (Å²) in [5.74, 6) is -0.825. The first-order valence-electron chi connectivity index (χ1n) is 8.28. The van der Waals surface area contributed by atoms with Crippen LogP contribution in [0, 0.1) is 19.8 Å². The van der Waals surface area contributed by atoms with E-state index in [2.05, 4.69) is 4.98 Å². The maximum atomic E-state index is 12.5.